The van der Waals surface area contributed by atoms with Crippen molar-refractivity contribution < 1.29 is 0 Å². The molecule has 2 N–H and O–H groups in total. The highest BCUT2D eigenvalue weighted by atomic mass is 16.1. The van der Waals surface area contributed by atoms with Gasteiger partial charge in [0.25, 0.3) is 5.56 Å². The Bertz CT molecular complexity index is 686. The van der Waals surface area contributed by atoms with Gasteiger partial charge in [0.1, 0.15) is 11.6 Å². The maximum Gasteiger partial charge on any atom is 0.272 e. The molecule has 3 rings (SSSR count). The molecule has 112 valence electrons. The van der Waals surface area contributed by atoms with Crippen molar-refractivity contribution >= 4 is 10.9 Å². The summed E-state index contributed by atoms with van der Waals surface area (Å²) in [5.41, 5.74) is 1.85. The highest BCUT2D eigenvalue weighted by Crippen LogP contribution is 2.18. The van der Waals surface area contributed by atoms with Crippen LogP contribution in [-0.4, -0.2) is 28.0 Å². The van der Waals surface area contributed by atoms with Crippen molar-refractivity contribution in [3.05, 3.63) is 33.9 Å². The van der Waals surface area contributed by atoms with E-state index in [4.69, 9.17) is 5.26 Å². The number of hydrogen-bond donors (Lipinski definition) is 2. The first kappa shape index (κ1) is 15.3. The third-order valence-corrected chi connectivity index (χ3v) is 3.70. The summed E-state index contributed by atoms with van der Waals surface area (Å²) in [6, 6.07) is 4.04. The Labute approximate surface area is 124 Å². The SMILES string of the molecule is CC.N#Cc1c[nH]c(=O)c2[nH]c(CN3CCCCC3)cc12. The van der Waals surface area contributed by atoms with E-state index in [2.05, 4.69) is 20.9 Å². The first-order valence-electron chi connectivity index (χ1n) is 7.63. The molecule has 2 aromatic heterocycles. The Morgan fingerprint density at radius 2 is 2.00 bits per heavy atom. The molecule has 1 aliphatic rings. The summed E-state index contributed by atoms with van der Waals surface area (Å²) in [6.45, 7) is 7.03. The van der Waals surface area contributed by atoms with Crippen molar-refractivity contribution in [2.24, 2.45) is 0 Å². The molecule has 3 heterocycles. The average molecular weight is 286 g/mol. The van der Waals surface area contributed by atoms with Crippen molar-refractivity contribution in [3.8, 4) is 6.07 Å². The second-order valence-electron chi connectivity index (χ2n) is 5.06. The molecule has 0 saturated carbocycles. The minimum absolute atomic E-state index is 0.168. The van der Waals surface area contributed by atoms with E-state index in [1.54, 1.807) is 0 Å². The molecule has 0 atom stereocenters. The second kappa shape index (κ2) is 7.09. The van der Waals surface area contributed by atoms with E-state index < -0.39 is 0 Å². The van der Waals surface area contributed by atoms with E-state index in [9.17, 15) is 4.79 Å². The molecule has 1 fully saturated rings. The molecule has 5 heteroatoms. The molecule has 0 amide bonds. The predicted octanol–water partition coefficient (Wildman–Crippen LogP) is 2.74. The largest absolute Gasteiger partial charge is 0.353 e. The van der Waals surface area contributed by atoms with Crippen molar-refractivity contribution in [2.45, 2.75) is 39.7 Å². The minimum Gasteiger partial charge on any atom is -0.353 e. The van der Waals surface area contributed by atoms with Crippen LogP contribution in [0.1, 0.15) is 44.4 Å². The van der Waals surface area contributed by atoms with Crippen molar-refractivity contribution in [2.75, 3.05) is 13.1 Å². The fourth-order valence-electron chi connectivity index (χ4n) is 2.73. The number of aromatic amines is 2. The van der Waals surface area contributed by atoms with E-state index in [1.807, 2.05) is 19.9 Å². The average Bonchev–Trinajstić information content (AvgIpc) is 2.95. The van der Waals surface area contributed by atoms with Crippen LogP contribution in [0.3, 0.4) is 0 Å². The van der Waals surface area contributed by atoms with Gasteiger partial charge in [0.05, 0.1) is 5.56 Å². The Balaban J connectivity index is 0.000000774. The van der Waals surface area contributed by atoms with Crippen molar-refractivity contribution in [3.63, 3.8) is 0 Å². The number of piperidine rings is 1. The molecule has 0 bridgehead atoms. The highest BCUT2D eigenvalue weighted by molar-refractivity contribution is 5.85. The lowest BCUT2D eigenvalue weighted by Crippen LogP contribution is -2.29. The van der Waals surface area contributed by atoms with Gasteiger partial charge in [-0.15, -0.1) is 0 Å². The Morgan fingerprint density at radius 3 is 2.67 bits per heavy atom. The van der Waals surface area contributed by atoms with Gasteiger partial charge in [-0.2, -0.15) is 5.26 Å². The standard InChI is InChI=1S/C14H16N4O.C2H6/c15-7-10-8-16-14(19)13-12(10)6-11(17-13)9-18-4-2-1-3-5-18;1-2/h6,8,17H,1-5,9H2,(H,16,19);1-2H3. The van der Waals surface area contributed by atoms with Crippen LogP contribution in [0.25, 0.3) is 10.9 Å². The molecule has 0 aliphatic carbocycles. The summed E-state index contributed by atoms with van der Waals surface area (Å²) in [5.74, 6) is 0. The summed E-state index contributed by atoms with van der Waals surface area (Å²) in [6.07, 6.45) is 5.26. The van der Waals surface area contributed by atoms with Gasteiger partial charge >= 0.3 is 0 Å². The Hall–Kier alpha value is -2.06. The van der Waals surface area contributed by atoms with Gasteiger partial charge in [-0.1, -0.05) is 20.3 Å². The van der Waals surface area contributed by atoms with Crippen molar-refractivity contribution in [1.29, 1.82) is 5.26 Å². The van der Waals surface area contributed by atoms with Gasteiger partial charge < -0.3 is 9.97 Å². The van der Waals surface area contributed by atoms with Crippen LogP contribution in [0.5, 0.6) is 0 Å². The number of likely N-dealkylation sites (tertiary alicyclic amines) is 1. The molecule has 0 radical (unpaired) electrons. The lowest BCUT2D eigenvalue weighted by molar-refractivity contribution is 0.219. The molecule has 21 heavy (non-hydrogen) atoms. The number of fused-ring (bicyclic) bond motifs is 1. The van der Waals surface area contributed by atoms with Crippen LogP contribution in [0.2, 0.25) is 0 Å². The number of H-pyrrole nitrogens is 2. The molecule has 2 aromatic rings. The maximum atomic E-state index is 11.7. The van der Waals surface area contributed by atoms with Crippen molar-refractivity contribution in [1.82, 2.24) is 14.9 Å². The molecule has 0 spiro atoms. The third kappa shape index (κ3) is 3.34. The zero-order valence-electron chi connectivity index (χ0n) is 12.7. The van der Waals surface area contributed by atoms with Gasteiger partial charge in [-0.25, -0.2) is 0 Å². The van der Waals surface area contributed by atoms with Crippen LogP contribution < -0.4 is 5.56 Å². The summed E-state index contributed by atoms with van der Waals surface area (Å²) >= 11 is 0. The fraction of sp³-hybridized carbons (Fsp3) is 0.500. The second-order valence-corrected chi connectivity index (χ2v) is 5.06. The summed E-state index contributed by atoms with van der Waals surface area (Å²) in [5, 5.41) is 9.78. The highest BCUT2D eigenvalue weighted by Gasteiger charge is 2.13. The number of nitrogens with zero attached hydrogens (tertiary/aromatic N) is 2. The first-order valence-corrected chi connectivity index (χ1v) is 7.63. The molecular formula is C16H22N4O. The molecule has 5 nitrogen and oxygen atoms in total. The van der Waals surface area contributed by atoms with Crippen LogP contribution >= 0.6 is 0 Å². The Kier molecular flexibility index (Phi) is 5.18. The summed E-state index contributed by atoms with van der Waals surface area (Å²) < 4.78 is 0. The van der Waals surface area contributed by atoms with E-state index in [1.165, 1.54) is 25.5 Å². The molecule has 0 aromatic carbocycles. The predicted molar refractivity (Wildman–Crippen MR) is 84.1 cm³/mol. The number of hydrogen-bond acceptors (Lipinski definition) is 3. The molecular weight excluding hydrogens is 264 g/mol. The van der Waals surface area contributed by atoms with Gasteiger partial charge in [-0.3, -0.25) is 9.69 Å². The quantitative estimate of drug-likeness (QED) is 0.891. The fourth-order valence-corrected chi connectivity index (χ4v) is 2.73. The molecule has 1 saturated heterocycles. The van der Waals surface area contributed by atoms with Gasteiger partial charge in [-0.05, 0) is 32.0 Å². The molecule has 1 aliphatic heterocycles. The number of rotatable bonds is 2. The van der Waals surface area contributed by atoms with Crippen LogP contribution in [0, 0.1) is 11.3 Å². The van der Waals surface area contributed by atoms with Gasteiger partial charge in [0.2, 0.25) is 0 Å². The smallest absolute Gasteiger partial charge is 0.272 e. The third-order valence-electron chi connectivity index (χ3n) is 3.70. The monoisotopic (exact) mass is 286 g/mol. The van der Waals surface area contributed by atoms with E-state index in [0.29, 0.717) is 11.1 Å². The number of pyridine rings is 1. The van der Waals surface area contributed by atoms with Crippen LogP contribution in [0.4, 0.5) is 0 Å². The topological polar surface area (TPSA) is 75.7 Å². The van der Waals surface area contributed by atoms with E-state index in [-0.39, 0.29) is 5.56 Å². The minimum atomic E-state index is -0.168. The lowest BCUT2D eigenvalue weighted by atomic mass is 10.1. The van der Waals surface area contributed by atoms with Crippen LogP contribution in [-0.2, 0) is 6.54 Å². The normalized spacial score (nSPS) is 15.3. The van der Waals surface area contributed by atoms with Gasteiger partial charge in [0, 0.05) is 23.8 Å². The zero-order chi connectivity index (χ0) is 15.2. The van der Waals surface area contributed by atoms with E-state index >= 15 is 0 Å². The number of nitrogens with one attached hydrogen (secondary N) is 2. The Morgan fingerprint density at radius 1 is 1.29 bits per heavy atom. The number of nitriles is 1. The maximum absolute atomic E-state index is 11.7. The van der Waals surface area contributed by atoms with Crippen LogP contribution in [0.15, 0.2) is 17.1 Å². The first-order chi connectivity index (χ1) is 10.3. The number of aromatic nitrogens is 2. The summed E-state index contributed by atoms with van der Waals surface area (Å²) in [4.78, 5) is 19.9. The lowest BCUT2D eigenvalue weighted by Gasteiger charge is -2.25. The summed E-state index contributed by atoms with van der Waals surface area (Å²) in [7, 11) is 0. The van der Waals surface area contributed by atoms with E-state index in [0.717, 1.165) is 30.7 Å². The van der Waals surface area contributed by atoms with Gasteiger partial charge in [0.15, 0.2) is 0 Å². The molecule has 0 unspecified atom stereocenters. The zero-order valence-corrected chi connectivity index (χ0v) is 12.7.